The second-order valence-corrected chi connectivity index (χ2v) is 19.4. The lowest BCUT2D eigenvalue weighted by molar-refractivity contribution is -0.321. The zero-order chi connectivity index (χ0) is 46.3. The predicted molar refractivity (Wildman–Crippen MR) is 238 cm³/mol. The molecule has 354 valence electrons. The van der Waals surface area contributed by atoms with Crippen molar-refractivity contribution in [1.29, 1.82) is 0 Å². The van der Waals surface area contributed by atoms with E-state index in [0.717, 1.165) is 0 Å². The van der Waals surface area contributed by atoms with Gasteiger partial charge in [-0.05, 0) is 100.0 Å². The molecule has 0 aliphatic carbocycles. The molecule has 2 saturated heterocycles. The van der Waals surface area contributed by atoms with Crippen LogP contribution in [-0.4, -0.2) is 174 Å². The summed E-state index contributed by atoms with van der Waals surface area (Å²) >= 11 is 1.70. The molecule has 1 amide bonds. The van der Waals surface area contributed by atoms with Crippen LogP contribution in [0.4, 0.5) is 0 Å². The Bertz CT molecular complexity index is 1630. The molecule has 4 rings (SSSR count). The van der Waals surface area contributed by atoms with Gasteiger partial charge in [0.25, 0.3) is 5.91 Å². The molecule has 2 fully saturated rings. The molecule has 3 aliphatic heterocycles. The molecule has 0 bridgehead atoms. The van der Waals surface area contributed by atoms with Crippen molar-refractivity contribution in [3.63, 3.8) is 0 Å². The number of nitrogens with one attached hydrogen (secondary N) is 1. The van der Waals surface area contributed by atoms with Gasteiger partial charge in [-0.3, -0.25) is 14.6 Å². The van der Waals surface area contributed by atoms with Gasteiger partial charge in [0.15, 0.2) is 18.3 Å². The largest absolute Gasteiger partial charge is 0.506 e. The van der Waals surface area contributed by atoms with E-state index in [2.05, 4.69) is 15.2 Å². The fourth-order valence-electron chi connectivity index (χ4n) is 9.04. The molecule has 3 aliphatic rings. The number of methoxy groups -OCH3 is 1. The van der Waals surface area contributed by atoms with Crippen LogP contribution in [0.1, 0.15) is 91.4 Å². The van der Waals surface area contributed by atoms with Crippen LogP contribution in [0, 0.1) is 17.8 Å². The number of likely N-dealkylation sites (N-methyl/N-ethyl adjacent to an activating group) is 2. The van der Waals surface area contributed by atoms with Crippen molar-refractivity contribution < 1.29 is 63.2 Å². The third-order valence-electron chi connectivity index (χ3n) is 12.8. The van der Waals surface area contributed by atoms with Gasteiger partial charge in [0.2, 0.25) is 3.77 Å². The summed E-state index contributed by atoms with van der Waals surface area (Å²) in [5.74, 6) is -3.46. The smallest absolute Gasteiger partial charge is 0.317 e. The molecular formula is C44H73IN4O13. The molecule has 4 heterocycles. The number of halogens is 1. The molecule has 18 heteroatoms. The highest BCUT2D eigenvalue weighted by Crippen LogP contribution is 2.40. The van der Waals surface area contributed by atoms with Crippen LogP contribution in [0.2, 0.25) is 0 Å². The van der Waals surface area contributed by atoms with Crippen molar-refractivity contribution in [3.05, 3.63) is 39.6 Å². The van der Waals surface area contributed by atoms with Crippen molar-refractivity contribution >= 4 is 34.5 Å². The number of aliphatic hydroxyl groups excluding tert-OH is 3. The number of ether oxygens (including phenoxy) is 7. The summed E-state index contributed by atoms with van der Waals surface area (Å²) in [6.45, 7) is 15.4. The third-order valence-corrected chi connectivity index (χ3v) is 13.6. The number of hydrogen-bond donors (Lipinski definition) is 5. The van der Waals surface area contributed by atoms with Crippen molar-refractivity contribution in [3.8, 4) is 0 Å². The van der Waals surface area contributed by atoms with Crippen LogP contribution in [0.15, 0.2) is 34.1 Å². The Morgan fingerprint density at radius 2 is 1.71 bits per heavy atom. The molecule has 1 aromatic heterocycles. The second-order valence-electron chi connectivity index (χ2n) is 18.4. The zero-order valence-corrected chi connectivity index (χ0v) is 40.7. The van der Waals surface area contributed by atoms with Gasteiger partial charge in [0, 0.05) is 91.8 Å². The van der Waals surface area contributed by atoms with Crippen molar-refractivity contribution in [2.75, 3.05) is 47.9 Å². The minimum Gasteiger partial charge on any atom is -0.506 e. The molecule has 16 atom stereocenters. The van der Waals surface area contributed by atoms with Gasteiger partial charge in [-0.15, -0.1) is 0 Å². The number of aliphatic hydroxyl groups is 4. The summed E-state index contributed by atoms with van der Waals surface area (Å²) in [6.07, 6.45) is -3.42. The van der Waals surface area contributed by atoms with Crippen LogP contribution in [0.3, 0.4) is 0 Å². The van der Waals surface area contributed by atoms with Crippen molar-refractivity contribution in [2.45, 2.75) is 160 Å². The minimum atomic E-state index is -1.58. The first kappa shape index (κ1) is 52.5. The molecule has 62 heavy (non-hydrogen) atoms. The molecule has 0 spiro atoms. The van der Waals surface area contributed by atoms with Gasteiger partial charge in [-0.25, -0.2) is 0 Å². The van der Waals surface area contributed by atoms with E-state index in [4.69, 9.17) is 33.2 Å². The highest BCUT2D eigenvalue weighted by molar-refractivity contribution is 14.1. The quantitative estimate of drug-likeness (QED) is 0.115. The van der Waals surface area contributed by atoms with E-state index in [1.54, 1.807) is 81.7 Å². The van der Waals surface area contributed by atoms with Gasteiger partial charge < -0.3 is 68.7 Å². The average Bonchev–Trinajstić information content (AvgIpc) is 3.22. The van der Waals surface area contributed by atoms with Gasteiger partial charge in [0.1, 0.15) is 18.3 Å². The van der Waals surface area contributed by atoms with Gasteiger partial charge in [-0.1, -0.05) is 13.8 Å². The van der Waals surface area contributed by atoms with E-state index in [1.165, 1.54) is 7.11 Å². The van der Waals surface area contributed by atoms with Crippen molar-refractivity contribution in [1.82, 2.24) is 20.1 Å². The Balaban J connectivity index is 1.74. The van der Waals surface area contributed by atoms with Gasteiger partial charge >= 0.3 is 5.97 Å². The van der Waals surface area contributed by atoms with E-state index in [9.17, 15) is 30.0 Å². The first-order valence-corrected chi connectivity index (χ1v) is 22.8. The first-order chi connectivity index (χ1) is 29.0. The Hall–Kier alpha value is -2.08. The number of aromatic nitrogens is 1. The highest BCUT2D eigenvalue weighted by Gasteiger charge is 2.52. The summed E-state index contributed by atoms with van der Waals surface area (Å²) < 4.78 is 44.5. The molecule has 17 nitrogen and oxygen atoms in total. The maximum atomic E-state index is 14.1. The highest BCUT2D eigenvalue weighted by atomic mass is 127. The maximum Gasteiger partial charge on any atom is 0.317 e. The molecule has 0 unspecified atom stereocenters. The molecule has 0 radical (unpaired) electrons. The lowest BCUT2D eigenvalue weighted by atomic mass is 9.77. The van der Waals surface area contributed by atoms with E-state index in [0.29, 0.717) is 31.5 Å². The van der Waals surface area contributed by atoms with Crippen LogP contribution in [0.5, 0.6) is 0 Å². The van der Waals surface area contributed by atoms with E-state index < -0.39 is 90.0 Å². The third kappa shape index (κ3) is 13.3. The van der Waals surface area contributed by atoms with Gasteiger partial charge in [-0.2, -0.15) is 0 Å². The zero-order valence-electron chi connectivity index (χ0n) is 38.5. The van der Waals surface area contributed by atoms with E-state index in [1.807, 2.05) is 46.8 Å². The Morgan fingerprint density at radius 1 is 1.05 bits per heavy atom. The first-order valence-electron chi connectivity index (χ1n) is 21.7. The number of hydrogen-bond acceptors (Lipinski definition) is 16. The van der Waals surface area contributed by atoms with E-state index in [-0.39, 0.29) is 47.2 Å². The minimum absolute atomic E-state index is 0.111. The number of nitrogens with zero attached hydrogens (tertiary/aromatic N) is 3. The standard InChI is InChI=1S/C44H73IN4O13/c1-24-21-43(7,55)38(61-42-36(31(48(9)10)20-25(2)58-42)57-19-13-16-47-40(53)30-14-17-46-18-15-30)26(3)35(60-32-22-44(8,56-12)37(52)29(6)59-32)27(4)41(54)62-39(45)34(51)33(50)28(5)49(11)23-24/h14-15,17-18,24-29,31-33,35-38,42,50-52,55H,13,16,19-23H2,1-12H3,(H,47,53)/b39-34+/t24-,25-,26+,27-,28-,29+,31+,32+,33-,35+,36-,37+,38-,42+,43-,44-/m1/s1. The summed E-state index contributed by atoms with van der Waals surface area (Å²) in [7, 11) is 7.24. The number of carbonyl (C=O) groups excluding carboxylic acids is 2. The average molecular weight is 993 g/mol. The van der Waals surface area contributed by atoms with Crippen LogP contribution in [-0.2, 0) is 38.0 Å². The fraction of sp³-hybridized carbons (Fsp3) is 0.795. The van der Waals surface area contributed by atoms with Crippen LogP contribution < -0.4 is 5.32 Å². The molecular weight excluding hydrogens is 919 g/mol. The lowest BCUT2D eigenvalue weighted by Gasteiger charge is -2.49. The number of pyridine rings is 1. The fourth-order valence-corrected chi connectivity index (χ4v) is 9.57. The number of carbonyl (C=O) groups is 2. The number of cyclic esters (lactones) is 1. The van der Waals surface area contributed by atoms with Gasteiger partial charge in [0.05, 0.1) is 41.5 Å². The molecule has 5 N–H and O–H groups in total. The lowest BCUT2D eigenvalue weighted by Crippen LogP contribution is -2.61. The Morgan fingerprint density at radius 3 is 2.34 bits per heavy atom. The number of amides is 1. The summed E-state index contributed by atoms with van der Waals surface area (Å²) in [4.78, 5) is 34.7. The maximum absolute atomic E-state index is 14.1. The normalized spacial score (nSPS) is 41.0. The van der Waals surface area contributed by atoms with Crippen molar-refractivity contribution in [2.24, 2.45) is 17.8 Å². The molecule has 0 saturated carbocycles. The molecule has 0 aromatic carbocycles. The number of rotatable bonds is 12. The topological polar surface area (TPSA) is 211 Å². The summed E-state index contributed by atoms with van der Waals surface area (Å²) in [6, 6.07) is 2.55. The number of esters is 1. The summed E-state index contributed by atoms with van der Waals surface area (Å²) in [5.41, 5.74) is -2.12. The Kier molecular flexibility index (Phi) is 19.4. The monoisotopic (exact) mass is 992 g/mol. The predicted octanol–water partition coefficient (Wildman–Crippen LogP) is 3.77. The van der Waals surface area contributed by atoms with Crippen LogP contribution in [0.25, 0.3) is 0 Å². The SMILES string of the molecule is CO[C@]1(C)C[C@H](O[C@H]2[C@H](C)[C@@H](O[C@@H]3O[C@H](C)C[C@H](N(C)C)[C@H]3OCCCNC(=O)c3ccncc3)[C@](C)(O)C[C@@H](C)CN(C)[C@H](C)[C@@H](O)/C(O)=C(/I)OC(=O)[C@@H]2C)O[C@@H](C)[C@@H]1O. The van der Waals surface area contributed by atoms with Crippen LogP contribution >= 0.6 is 22.6 Å². The second kappa shape index (κ2) is 22.9. The summed E-state index contributed by atoms with van der Waals surface area (Å²) in [5, 5.41) is 49.0. The van der Waals surface area contributed by atoms with E-state index >= 15 is 0 Å². The Labute approximate surface area is 381 Å². The molecule has 1 aromatic rings.